The third kappa shape index (κ3) is 4.02. The Morgan fingerprint density at radius 3 is 2.78 bits per heavy atom. The average Bonchev–Trinajstić information content (AvgIpc) is 3.06. The molecule has 5 nitrogen and oxygen atoms in total. The van der Waals surface area contributed by atoms with E-state index in [-0.39, 0.29) is 5.91 Å². The number of hydrogen-bond acceptors (Lipinski definition) is 4. The Morgan fingerprint density at radius 2 is 1.96 bits per heavy atom. The molecule has 2 aromatic rings. The topological polar surface area (TPSA) is 51.0 Å². The zero-order valence-electron chi connectivity index (χ0n) is 15.6. The Hall–Kier alpha value is -1.53. The van der Waals surface area contributed by atoms with Gasteiger partial charge >= 0.3 is 0 Å². The molecule has 0 bridgehead atoms. The first kappa shape index (κ1) is 18.8. The third-order valence-electron chi connectivity index (χ3n) is 5.92. The summed E-state index contributed by atoms with van der Waals surface area (Å²) in [6, 6.07) is 7.60. The number of rotatable bonds is 4. The molecule has 2 heterocycles. The van der Waals surface area contributed by atoms with Gasteiger partial charge in [-0.2, -0.15) is 0 Å². The molecule has 144 valence electrons. The second-order valence-corrected chi connectivity index (χ2v) is 8.92. The summed E-state index contributed by atoms with van der Waals surface area (Å²) in [5, 5.41) is 9.93. The summed E-state index contributed by atoms with van der Waals surface area (Å²) < 4.78 is 1.91. The molecule has 1 aromatic heterocycles. The number of carbonyl (C=O) groups is 1. The molecule has 1 amide bonds. The van der Waals surface area contributed by atoms with Crippen LogP contribution in [0.4, 0.5) is 0 Å². The van der Waals surface area contributed by atoms with Crippen LogP contribution in [0.5, 0.6) is 0 Å². The van der Waals surface area contributed by atoms with Crippen LogP contribution in [-0.4, -0.2) is 44.4 Å². The van der Waals surface area contributed by atoms with Gasteiger partial charge in [-0.1, -0.05) is 54.8 Å². The van der Waals surface area contributed by atoms with E-state index >= 15 is 0 Å². The van der Waals surface area contributed by atoms with E-state index in [1.807, 2.05) is 35.9 Å². The van der Waals surface area contributed by atoms with E-state index in [0.29, 0.717) is 16.7 Å². The molecule has 0 N–H and O–H groups in total. The standard InChI is InChI=1S/C20H25ClN4OS/c1-24-19(16-8-4-5-9-17(16)21)22-23-20(24)27-13-18(26)25-11-10-14-6-2-3-7-15(14)12-25/h4-5,8-9,14-15H,2-3,6-7,10-13H2,1H3/t14-,15-/m1/s1. The summed E-state index contributed by atoms with van der Waals surface area (Å²) >= 11 is 7.73. The number of aromatic nitrogens is 3. The Morgan fingerprint density at radius 1 is 1.19 bits per heavy atom. The van der Waals surface area contributed by atoms with E-state index in [0.717, 1.165) is 35.6 Å². The van der Waals surface area contributed by atoms with Crippen molar-refractivity contribution in [2.24, 2.45) is 18.9 Å². The number of piperidine rings is 1. The molecule has 2 fully saturated rings. The summed E-state index contributed by atoms with van der Waals surface area (Å²) in [5.41, 5.74) is 0.853. The number of amides is 1. The molecule has 1 aliphatic carbocycles. The fraction of sp³-hybridized carbons (Fsp3) is 0.550. The molecule has 4 rings (SSSR count). The molecule has 1 saturated carbocycles. The average molecular weight is 405 g/mol. The molecular weight excluding hydrogens is 380 g/mol. The lowest BCUT2D eigenvalue weighted by Gasteiger charge is -2.41. The largest absolute Gasteiger partial charge is 0.342 e. The molecular formula is C20H25ClN4OS. The predicted octanol–water partition coefficient (Wildman–Crippen LogP) is 4.27. The highest BCUT2D eigenvalue weighted by Crippen LogP contribution is 2.36. The Bertz CT molecular complexity index is 824. The van der Waals surface area contributed by atoms with Gasteiger partial charge < -0.3 is 9.47 Å². The molecule has 7 heteroatoms. The van der Waals surface area contributed by atoms with E-state index in [1.54, 1.807) is 0 Å². The van der Waals surface area contributed by atoms with Crippen LogP contribution in [-0.2, 0) is 11.8 Å². The molecule has 0 unspecified atom stereocenters. The second-order valence-electron chi connectivity index (χ2n) is 7.57. The third-order valence-corrected chi connectivity index (χ3v) is 7.25. The van der Waals surface area contributed by atoms with Gasteiger partial charge in [0.15, 0.2) is 11.0 Å². The van der Waals surface area contributed by atoms with Gasteiger partial charge in [-0.05, 0) is 36.8 Å². The summed E-state index contributed by atoms with van der Waals surface area (Å²) in [6.45, 7) is 1.85. The molecule has 1 saturated heterocycles. The van der Waals surface area contributed by atoms with Crippen LogP contribution < -0.4 is 0 Å². The van der Waals surface area contributed by atoms with Crippen LogP contribution in [0.15, 0.2) is 29.4 Å². The summed E-state index contributed by atoms with van der Waals surface area (Å²) in [6.07, 6.45) is 6.49. The van der Waals surface area contributed by atoms with Crippen LogP contribution in [0.25, 0.3) is 11.4 Å². The van der Waals surface area contributed by atoms with E-state index in [9.17, 15) is 4.79 Å². The molecule has 2 aliphatic rings. The zero-order chi connectivity index (χ0) is 18.8. The summed E-state index contributed by atoms with van der Waals surface area (Å²) in [7, 11) is 1.92. The lowest BCUT2D eigenvalue weighted by atomic mass is 9.75. The number of benzene rings is 1. The summed E-state index contributed by atoms with van der Waals surface area (Å²) in [4.78, 5) is 14.8. The maximum Gasteiger partial charge on any atom is 0.233 e. The molecule has 0 spiro atoms. The highest BCUT2D eigenvalue weighted by molar-refractivity contribution is 7.99. The number of carbonyl (C=O) groups excluding carboxylic acids is 1. The van der Waals surface area contributed by atoms with Gasteiger partial charge in [0.25, 0.3) is 0 Å². The fourth-order valence-electron chi connectivity index (χ4n) is 4.36. The SMILES string of the molecule is Cn1c(SCC(=O)N2CC[C@H]3CCCC[C@@H]3C2)nnc1-c1ccccc1Cl. The van der Waals surface area contributed by atoms with Crippen molar-refractivity contribution in [1.82, 2.24) is 19.7 Å². The second kappa shape index (κ2) is 8.23. The number of nitrogens with zero attached hydrogens (tertiary/aromatic N) is 4. The number of fused-ring (bicyclic) bond motifs is 1. The fourth-order valence-corrected chi connectivity index (χ4v) is 5.40. The minimum atomic E-state index is 0.214. The molecule has 2 atom stereocenters. The molecule has 1 aliphatic heterocycles. The van der Waals surface area contributed by atoms with Crippen molar-refractivity contribution < 1.29 is 4.79 Å². The van der Waals surface area contributed by atoms with Crippen molar-refractivity contribution in [1.29, 1.82) is 0 Å². The van der Waals surface area contributed by atoms with Gasteiger partial charge in [0.2, 0.25) is 5.91 Å². The zero-order valence-corrected chi connectivity index (χ0v) is 17.2. The van der Waals surface area contributed by atoms with Crippen molar-refractivity contribution in [2.45, 2.75) is 37.3 Å². The maximum atomic E-state index is 12.7. The van der Waals surface area contributed by atoms with Crippen LogP contribution in [0.1, 0.15) is 32.1 Å². The molecule has 27 heavy (non-hydrogen) atoms. The molecule has 0 radical (unpaired) electrons. The van der Waals surface area contributed by atoms with Gasteiger partial charge in [0.05, 0.1) is 10.8 Å². The normalized spacial score (nSPS) is 22.5. The van der Waals surface area contributed by atoms with Crippen molar-refractivity contribution in [2.75, 3.05) is 18.8 Å². The molecule has 1 aromatic carbocycles. The lowest BCUT2D eigenvalue weighted by Crippen LogP contribution is -2.45. The number of likely N-dealkylation sites (tertiary alicyclic amines) is 1. The Kier molecular flexibility index (Phi) is 5.74. The number of hydrogen-bond donors (Lipinski definition) is 0. The van der Waals surface area contributed by atoms with Crippen LogP contribution >= 0.6 is 23.4 Å². The van der Waals surface area contributed by atoms with E-state index < -0.39 is 0 Å². The van der Waals surface area contributed by atoms with Crippen LogP contribution in [0.2, 0.25) is 5.02 Å². The van der Waals surface area contributed by atoms with Crippen molar-refractivity contribution in [3.05, 3.63) is 29.3 Å². The van der Waals surface area contributed by atoms with Gasteiger partial charge in [-0.25, -0.2) is 0 Å². The monoisotopic (exact) mass is 404 g/mol. The van der Waals surface area contributed by atoms with Gasteiger partial charge in [0, 0.05) is 25.7 Å². The quantitative estimate of drug-likeness (QED) is 0.714. The van der Waals surface area contributed by atoms with Gasteiger partial charge in [-0.3, -0.25) is 4.79 Å². The smallest absolute Gasteiger partial charge is 0.233 e. The van der Waals surface area contributed by atoms with Gasteiger partial charge in [0.1, 0.15) is 0 Å². The van der Waals surface area contributed by atoms with Crippen molar-refractivity contribution in [3.8, 4) is 11.4 Å². The Labute approximate surface area is 169 Å². The minimum absolute atomic E-state index is 0.214. The number of halogens is 1. The minimum Gasteiger partial charge on any atom is -0.342 e. The lowest BCUT2D eigenvalue weighted by molar-refractivity contribution is -0.131. The van der Waals surface area contributed by atoms with E-state index in [2.05, 4.69) is 15.1 Å². The Balaban J connectivity index is 1.38. The maximum absolute atomic E-state index is 12.7. The van der Waals surface area contributed by atoms with Crippen molar-refractivity contribution >= 4 is 29.3 Å². The van der Waals surface area contributed by atoms with E-state index in [1.165, 1.54) is 43.9 Å². The predicted molar refractivity (Wildman–Crippen MR) is 109 cm³/mol. The highest BCUT2D eigenvalue weighted by atomic mass is 35.5. The first-order valence-electron chi connectivity index (χ1n) is 9.68. The number of thioether (sulfide) groups is 1. The van der Waals surface area contributed by atoms with Crippen molar-refractivity contribution in [3.63, 3.8) is 0 Å². The van der Waals surface area contributed by atoms with Gasteiger partial charge in [-0.15, -0.1) is 10.2 Å². The summed E-state index contributed by atoms with van der Waals surface area (Å²) in [5.74, 6) is 2.90. The first-order valence-corrected chi connectivity index (χ1v) is 11.0. The highest BCUT2D eigenvalue weighted by Gasteiger charge is 2.32. The van der Waals surface area contributed by atoms with Crippen LogP contribution in [0, 0.1) is 11.8 Å². The van der Waals surface area contributed by atoms with Crippen LogP contribution in [0.3, 0.4) is 0 Å². The van der Waals surface area contributed by atoms with E-state index in [4.69, 9.17) is 11.6 Å². The first-order chi connectivity index (χ1) is 13.1.